The third-order valence-electron chi connectivity index (χ3n) is 8.11. The summed E-state index contributed by atoms with van der Waals surface area (Å²) in [6.45, 7) is 0.705. The zero-order valence-electron chi connectivity index (χ0n) is 23.5. The zero-order valence-corrected chi connectivity index (χ0v) is 23.5. The minimum absolute atomic E-state index is 0.334. The van der Waals surface area contributed by atoms with E-state index in [0.717, 1.165) is 39.4 Å². The van der Waals surface area contributed by atoms with Crippen LogP contribution in [0.3, 0.4) is 0 Å². The van der Waals surface area contributed by atoms with Gasteiger partial charge in [-0.3, -0.25) is 4.99 Å². The van der Waals surface area contributed by atoms with Gasteiger partial charge in [0.1, 0.15) is 12.0 Å². The zero-order chi connectivity index (χ0) is 28.6. The molecule has 0 aromatic heterocycles. The van der Waals surface area contributed by atoms with Crippen molar-refractivity contribution < 1.29 is 0 Å². The fourth-order valence-electron chi connectivity index (χ4n) is 6.04. The summed E-state index contributed by atoms with van der Waals surface area (Å²) in [5, 5.41) is 8.61. The van der Waals surface area contributed by atoms with Gasteiger partial charge in [0.05, 0.1) is 12.3 Å². The van der Waals surface area contributed by atoms with Gasteiger partial charge in [0, 0.05) is 16.7 Å². The van der Waals surface area contributed by atoms with Crippen LogP contribution in [-0.4, -0.2) is 23.9 Å². The predicted molar refractivity (Wildman–Crippen MR) is 179 cm³/mol. The van der Waals surface area contributed by atoms with Gasteiger partial charge in [0.15, 0.2) is 5.84 Å². The Labute approximate surface area is 250 Å². The molecule has 0 saturated carbocycles. The minimum atomic E-state index is -0.334. The van der Waals surface area contributed by atoms with Crippen molar-refractivity contribution in [2.45, 2.75) is 6.17 Å². The Morgan fingerprint density at radius 1 is 0.581 bits per heavy atom. The Morgan fingerprint density at radius 2 is 1.26 bits per heavy atom. The summed E-state index contributed by atoms with van der Waals surface area (Å²) in [6.07, 6.45) is 3.89. The van der Waals surface area contributed by atoms with Crippen LogP contribution in [0.2, 0.25) is 0 Å². The highest BCUT2D eigenvalue weighted by atomic mass is 15.2. The third-order valence-corrected chi connectivity index (χ3v) is 8.11. The van der Waals surface area contributed by atoms with E-state index in [2.05, 4.69) is 115 Å². The van der Waals surface area contributed by atoms with Crippen LogP contribution in [0.25, 0.3) is 32.7 Å². The summed E-state index contributed by atoms with van der Waals surface area (Å²) in [4.78, 5) is 14.9. The molecule has 0 aliphatic carbocycles. The summed E-state index contributed by atoms with van der Waals surface area (Å²) in [7, 11) is 0. The van der Waals surface area contributed by atoms with Gasteiger partial charge in [-0.2, -0.15) is 0 Å². The molecule has 0 bridgehead atoms. The van der Waals surface area contributed by atoms with E-state index in [-0.39, 0.29) is 6.17 Å². The fraction of sp³-hybridized carbons (Fsp3) is 0.0513. The smallest absolute Gasteiger partial charge is 0.159 e. The number of benzene rings is 6. The average molecular weight is 553 g/mol. The fourth-order valence-corrected chi connectivity index (χ4v) is 6.04. The molecule has 4 heteroatoms. The highest BCUT2D eigenvalue weighted by molar-refractivity contribution is 6.16. The first-order valence-electron chi connectivity index (χ1n) is 14.6. The maximum absolute atomic E-state index is 5.17. The molecule has 0 saturated heterocycles. The van der Waals surface area contributed by atoms with Gasteiger partial charge in [0.25, 0.3) is 0 Å². The molecule has 1 N–H and O–H groups in total. The molecule has 0 fully saturated rings. The van der Waals surface area contributed by atoms with E-state index >= 15 is 0 Å². The molecule has 4 nitrogen and oxygen atoms in total. The molecule has 1 unspecified atom stereocenters. The third kappa shape index (κ3) is 4.73. The Morgan fingerprint density at radius 3 is 2.02 bits per heavy atom. The number of hydrogen-bond acceptors (Lipinski definition) is 4. The number of hydrogen-bond donors (Lipinski definition) is 1. The van der Waals surface area contributed by atoms with Gasteiger partial charge >= 0.3 is 0 Å². The second-order valence-electron chi connectivity index (χ2n) is 10.9. The van der Waals surface area contributed by atoms with Crippen molar-refractivity contribution >= 4 is 38.9 Å². The Bertz CT molecular complexity index is 2120. The molecule has 6 aromatic rings. The lowest BCUT2D eigenvalue weighted by atomic mass is 9.90. The standard InChI is InChI=1S/C39H28N4/c1-3-12-26(13-4-1)37-41-38(27-14-5-2-6-15-27)43-39(42-37)31-23-29(22-30(24-31)36-20-11-21-40-36)35-25-28-16-7-8-17-32(28)33-18-9-10-19-34(33)35/h1-20,22-25,39H,21H2,(H,41,42,43). The molecule has 0 radical (unpaired) electrons. The second-order valence-corrected chi connectivity index (χ2v) is 10.9. The van der Waals surface area contributed by atoms with E-state index in [1.54, 1.807) is 0 Å². The van der Waals surface area contributed by atoms with Crippen molar-refractivity contribution in [1.29, 1.82) is 0 Å². The minimum Gasteiger partial charge on any atom is -0.344 e. The first-order chi connectivity index (χ1) is 21.3. The van der Waals surface area contributed by atoms with Crippen LogP contribution in [0.4, 0.5) is 0 Å². The second kappa shape index (κ2) is 10.7. The van der Waals surface area contributed by atoms with Gasteiger partial charge in [0.2, 0.25) is 0 Å². The molecule has 1 atom stereocenters. The first kappa shape index (κ1) is 25.1. The van der Waals surface area contributed by atoms with Crippen LogP contribution < -0.4 is 5.32 Å². The molecule has 43 heavy (non-hydrogen) atoms. The lowest BCUT2D eigenvalue weighted by Gasteiger charge is -2.25. The van der Waals surface area contributed by atoms with Gasteiger partial charge in [-0.25, -0.2) is 9.98 Å². The molecule has 204 valence electrons. The monoisotopic (exact) mass is 552 g/mol. The van der Waals surface area contributed by atoms with Crippen molar-refractivity contribution in [2.24, 2.45) is 15.0 Å². The van der Waals surface area contributed by atoms with E-state index in [1.807, 2.05) is 36.4 Å². The van der Waals surface area contributed by atoms with Crippen molar-refractivity contribution in [3.05, 3.63) is 168 Å². The van der Waals surface area contributed by atoms with Crippen LogP contribution in [0.5, 0.6) is 0 Å². The summed E-state index contributed by atoms with van der Waals surface area (Å²) in [5.74, 6) is 1.52. The molecule has 0 amide bonds. The maximum Gasteiger partial charge on any atom is 0.159 e. The summed E-state index contributed by atoms with van der Waals surface area (Å²) < 4.78 is 0. The number of nitrogens with zero attached hydrogens (tertiary/aromatic N) is 3. The number of allylic oxidation sites excluding steroid dienone is 1. The highest BCUT2D eigenvalue weighted by Crippen LogP contribution is 2.37. The van der Waals surface area contributed by atoms with E-state index in [9.17, 15) is 0 Å². The molecule has 6 aromatic carbocycles. The van der Waals surface area contributed by atoms with Crippen molar-refractivity contribution in [1.82, 2.24) is 5.32 Å². The average Bonchev–Trinajstić information content (AvgIpc) is 3.64. The lowest BCUT2D eigenvalue weighted by molar-refractivity contribution is 0.674. The molecule has 2 aliphatic rings. The van der Waals surface area contributed by atoms with Gasteiger partial charge in [-0.1, -0.05) is 115 Å². The van der Waals surface area contributed by atoms with Gasteiger partial charge in [-0.05, 0) is 68.6 Å². The number of aliphatic imine (C=N–C) groups is 3. The number of rotatable bonds is 5. The largest absolute Gasteiger partial charge is 0.344 e. The number of amidine groups is 2. The molecule has 0 spiro atoms. The number of nitrogens with one attached hydrogen (secondary N) is 1. The summed E-state index contributed by atoms with van der Waals surface area (Å²) >= 11 is 0. The van der Waals surface area contributed by atoms with E-state index in [1.165, 1.54) is 27.1 Å². The molecule has 8 rings (SSSR count). The van der Waals surface area contributed by atoms with E-state index in [4.69, 9.17) is 15.0 Å². The highest BCUT2D eigenvalue weighted by Gasteiger charge is 2.23. The van der Waals surface area contributed by atoms with Crippen molar-refractivity contribution in [2.75, 3.05) is 6.54 Å². The van der Waals surface area contributed by atoms with Crippen molar-refractivity contribution in [3.63, 3.8) is 0 Å². The van der Waals surface area contributed by atoms with E-state index in [0.29, 0.717) is 12.4 Å². The summed E-state index contributed by atoms with van der Waals surface area (Å²) in [6, 6.07) is 46.9. The molecule has 2 heterocycles. The predicted octanol–water partition coefficient (Wildman–Crippen LogP) is 8.51. The van der Waals surface area contributed by atoms with Crippen LogP contribution >= 0.6 is 0 Å². The van der Waals surface area contributed by atoms with E-state index < -0.39 is 0 Å². The quantitative estimate of drug-likeness (QED) is 0.214. The Hall–Kier alpha value is -5.61. The van der Waals surface area contributed by atoms with Crippen molar-refractivity contribution in [3.8, 4) is 11.1 Å². The SMILES string of the molecule is C1=CC(c2cc(-c3cc4ccccc4c4ccccc34)cc(C3N=C(c4ccccc4)N=C(c4ccccc4)N3)c2)=NC1. The normalized spacial score (nSPS) is 16.1. The maximum atomic E-state index is 5.17. The van der Waals surface area contributed by atoms with Crippen LogP contribution in [-0.2, 0) is 0 Å². The first-order valence-corrected chi connectivity index (χ1v) is 14.6. The van der Waals surface area contributed by atoms with Gasteiger partial charge in [-0.15, -0.1) is 0 Å². The van der Waals surface area contributed by atoms with Crippen LogP contribution in [0.15, 0.2) is 161 Å². The molecule has 2 aliphatic heterocycles. The lowest BCUT2D eigenvalue weighted by Crippen LogP contribution is -2.33. The molecular weight excluding hydrogens is 524 g/mol. The van der Waals surface area contributed by atoms with Gasteiger partial charge < -0.3 is 5.32 Å². The van der Waals surface area contributed by atoms with Crippen LogP contribution in [0.1, 0.15) is 28.4 Å². The number of fused-ring (bicyclic) bond motifs is 3. The summed E-state index contributed by atoms with van der Waals surface area (Å²) in [5.41, 5.74) is 7.48. The topological polar surface area (TPSA) is 49.1 Å². The Balaban J connectivity index is 1.33. The molecular formula is C39H28N4. The van der Waals surface area contributed by atoms with Crippen LogP contribution in [0, 0.1) is 0 Å². The Kier molecular flexibility index (Phi) is 6.23.